The number of amides is 1. The van der Waals surface area contributed by atoms with Crippen molar-refractivity contribution < 1.29 is 24.5 Å². The van der Waals surface area contributed by atoms with Crippen LogP contribution in [-0.2, 0) is 11.2 Å². The summed E-state index contributed by atoms with van der Waals surface area (Å²) in [6.07, 6.45) is 6.59. The predicted octanol–water partition coefficient (Wildman–Crippen LogP) is 8.49. The highest BCUT2D eigenvalue weighted by Crippen LogP contribution is 2.59. The second-order valence-corrected chi connectivity index (χ2v) is 13.8. The van der Waals surface area contributed by atoms with Crippen LogP contribution in [0.5, 0.6) is 0 Å². The van der Waals surface area contributed by atoms with E-state index < -0.39 is 23.2 Å². The molecular formula is C41H51NO5. The van der Waals surface area contributed by atoms with E-state index in [9.17, 15) is 19.8 Å². The van der Waals surface area contributed by atoms with Gasteiger partial charge in [0.1, 0.15) is 0 Å². The number of nitrogens with zero attached hydrogens (tertiary/aromatic N) is 1. The van der Waals surface area contributed by atoms with Crippen molar-refractivity contribution in [2.75, 3.05) is 19.7 Å². The van der Waals surface area contributed by atoms with Crippen LogP contribution in [0.2, 0.25) is 0 Å². The number of allylic oxidation sites excluding steroid dienone is 2. The number of ketones is 1. The standard InChI is InChI=1S/C41H51NO5/c1-5-25-42(39(45)47-6-2)28-41(46)24-22-37-34-21-19-30(26-32(43)20-18-29(3)13-12-23-40(37,41)4)27-36(34)38(44)35-17-11-10-16-33(35)31-14-8-7-9-15-31/h7-11,13-17,19,21,27,32,37,43,46H,5-6,12,18,20,22-26,28H2,1-4H3/t32-,37-,40-,41+/m0/s1. The fourth-order valence-corrected chi connectivity index (χ4v) is 7.93. The molecule has 0 heterocycles. The van der Waals surface area contributed by atoms with Crippen LogP contribution in [-0.4, -0.2) is 58.4 Å². The molecule has 250 valence electrons. The third-order valence-corrected chi connectivity index (χ3v) is 10.6. The summed E-state index contributed by atoms with van der Waals surface area (Å²) >= 11 is 0. The summed E-state index contributed by atoms with van der Waals surface area (Å²) in [5.74, 6) is -0.188. The Morgan fingerprint density at radius 3 is 2.45 bits per heavy atom. The topological polar surface area (TPSA) is 87.1 Å². The van der Waals surface area contributed by atoms with E-state index in [0.29, 0.717) is 49.8 Å². The van der Waals surface area contributed by atoms with Crippen LogP contribution in [0, 0.1) is 5.41 Å². The van der Waals surface area contributed by atoms with Crippen molar-refractivity contribution in [3.63, 3.8) is 0 Å². The Kier molecular flexibility index (Phi) is 11.0. The minimum Gasteiger partial charge on any atom is -0.450 e. The number of carbonyl (C=O) groups excluding carboxylic acids is 2. The summed E-state index contributed by atoms with van der Waals surface area (Å²) in [6, 6.07) is 23.8. The molecule has 3 aliphatic carbocycles. The zero-order chi connectivity index (χ0) is 33.6. The zero-order valence-corrected chi connectivity index (χ0v) is 28.5. The maximum Gasteiger partial charge on any atom is 0.409 e. The Bertz CT molecular complexity index is 1580. The highest BCUT2D eigenvalue weighted by molar-refractivity contribution is 6.13. The number of hydrogen-bond donors (Lipinski definition) is 2. The Balaban J connectivity index is 1.64. The molecule has 6 heteroatoms. The summed E-state index contributed by atoms with van der Waals surface area (Å²) in [5, 5.41) is 23.7. The highest BCUT2D eigenvalue weighted by Gasteiger charge is 2.57. The molecule has 1 amide bonds. The lowest BCUT2D eigenvalue weighted by Crippen LogP contribution is -2.54. The lowest BCUT2D eigenvalue weighted by Gasteiger charge is -2.46. The van der Waals surface area contributed by atoms with Crippen molar-refractivity contribution in [2.45, 2.75) is 96.7 Å². The first-order valence-electron chi connectivity index (χ1n) is 17.4. The molecule has 0 aliphatic heterocycles. The van der Waals surface area contributed by atoms with E-state index >= 15 is 0 Å². The molecule has 0 aromatic heterocycles. The molecule has 0 saturated heterocycles. The molecule has 1 saturated carbocycles. The lowest BCUT2D eigenvalue weighted by atomic mass is 9.64. The van der Waals surface area contributed by atoms with Crippen LogP contribution in [0.1, 0.15) is 106 Å². The third-order valence-electron chi connectivity index (χ3n) is 10.6. The van der Waals surface area contributed by atoms with E-state index in [4.69, 9.17) is 4.74 Å². The zero-order valence-electron chi connectivity index (χ0n) is 28.5. The van der Waals surface area contributed by atoms with Gasteiger partial charge in [0.2, 0.25) is 0 Å². The summed E-state index contributed by atoms with van der Waals surface area (Å²) in [5.41, 5.74) is 4.35. The lowest BCUT2D eigenvalue weighted by molar-refractivity contribution is -0.0809. The van der Waals surface area contributed by atoms with E-state index in [1.165, 1.54) is 5.57 Å². The smallest absolute Gasteiger partial charge is 0.409 e. The molecule has 47 heavy (non-hydrogen) atoms. The van der Waals surface area contributed by atoms with Crippen molar-refractivity contribution >= 4 is 11.9 Å². The largest absolute Gasteiger partial charge is 0.450 e. The average molecular weight is 638 g/mol. The quantitative estimate of drug-likeness (QED) is 0.191. The van der Waals surface area contributed by atoms with Gasteiger partial charge in [0.25, 0.3) is 0 Å². The van der Waals surface area contributed by atoms with Gasteiger partial charge in [-0.15, -0.1) is 0 Å². The van der Waals surface area contributed by atoms with Crippen LogP contribution in [0.25, 0.3) is 11.1 Å². The number of ether oxygens (including phenoxy) is 1. The minimum absolute atomic E-state index is 0.0597. The fourth-order valence-electron chi connectivity index (χ4n) is 7.93. The van der Waals surface area contributed by atoms with Crippen LogP contribution in [0.15, 0.2) is 84.4 Å². The SMILES string of the molecule is CCCN(C[C@]1(O)CC[C@H]2c3ccc(cc3C(=O)c3ccccc3-c3ccccc3)C[C@@H](O)CCC(C)=CCC[C@@]21C)C(=O)OCC. The number of benzene rings is 3. The van der Waals surface area contributed by atoms with E-state index in [-0.39, 0.29) is 24.9 Å². The van der Waals surface area contributed by atoms with Gasteiger partial charge in [0.05, 0.1) is 24.9 Å². The summed E-state index contributed by atoms with van der Waals surface area (Å²) in [4.78, 5) is 29.5. The van der Waals surface area contributed by atoms with Crippen molar-refractivity contribution in [1.82, 2.24) is 4.90 Å². The second kappa shape index (κ2) is 15.0. The number of hydrogen-bond acceptors (Lipinski definition) is 5. The number of fused-ring (bicyclic) bond motifs is 8. The van der Waals surface area contributed by atoms with E-state index in [1.54, 1.807) is 11.8 Å². The molecule has 0 unspecified atom stereocenters. The molecule has 3 aromatic rings. The Morgan fingerprint density at radius 2 is 1.70 bits per heavy atom. The van der Waals surface area contributed by atoms with Crippen molar-refractivity contribution in [1.29, 1.82) is 0 Å². The Labute approximate surface area is 280 Å². The maximum atomic E-state index is 14.8. The van der Waals surface area contributed by atoms with Gasteiger partial charge in [0, 0.05) is 23.1 Å². The first-order chi connectivity index (χ1) is 22.6. The van der Waals surface area contributed by atoms with Gasteiger partial charge in [0.15, 0.2) is 5.78 Å². The summed E-state index contributed by atoms with van der Waals surface area (Å²) in [7, 11) is 0. The van der Waals surface area contributed by atoms with Gasteiger partial charge in [-0.1, -0.05) is 92.2 Å². The van der Waals surface area contributed by atoms with Gasteiger partial charge in [-0.25, -0.2) is 4.79 Å². The van der Waals surface area contributed by atoms with E-state index in [0.717, 1.165) is 41.5 Å². The minimum atomic E-state index is -1.18. The van der Waals surface area contributed by atoms with Gasteiger partial charge in [-0.05, 0) is 99.5 Å². The second-order valence-electron chi connectivity index (χ2n) is 13.8. The van der Waals surface area contributed by atoms with Gasteiger partial charge in [-0.2, -0.15) is 0 Å². The van der Waals surface area contributed by atoms with Gasteiger partial charge in [-0.3, -0.25) is 4.79 Å². The molecule has 1 fully saturated rings. The summed E-state index contributed by atoms with van der Waals surface area (Å²) < 4.78 is 5.41. The van der Waals surface area contributed by atoms with E-state index in [2.05, 4.69) is 26.0 Å². The fraction of sp³-hybridized carbons (Fsp3) is 0.463. The number of aliphatic hydroxyl groups is 2. The molecule has 0 spiro atoms. The summed E-state index contributed by atoms with van der Waals surface area (Å²) in [6.45, 7) is 9.04. The molecule has 6 nitrogen and oxygen atoms in total. The molecule has 3 aromatic carbocycles. The van der Waals surface area contributed by atoms with Crippen molar-refractivity contribution in [3.05, 3.63) is 107 Å². The monoisotopic (exact) mass is 637 g/mol. The number of rotatable bonds is 8. The average Bonchev–Trinajstić information content (AvgIpc) is 3.32. The van der Waals surface area contributed by atoms with Crippen molar-refractivity contribution in [2.24, 2.45) is 5.41 Å². The molecule has 6 rings (SSSR count). The normalized spacial score (nSPS) is 24.6. The Morgan fingerprint density at radius 1 is 0.957 bits per heavy atom. The van der Waals surface area contributed by atoms with Crippen molar-refractivity contribution in [3.8, 4) is 11.1 Å². The third kappa shape index (κ3) is 7.39. The van der Waals surface area contributed by atoms with Gasteiger partial charge < -0.3 is 19.8 Å². The molecular weight excluding hydrogens is 586 g/mol. The van der Waals surface area contributed by atoms with Crippen LogP contribution in [0.4, 0.5) is 4.79 Å². The highest BCUT2D eigenvalue weighted by atomic mass is 16.6. The van der Waals surface area contributed by atoms with Crippen LogP contribution in [0.3, 0.4) is 0 Å². The molecule has 2 bridgehead atoms. The molecule has 3 aliphatic rings. The molecule has 0 radical (unpaired) electrons. The van der Waals surface area contributed by atoms with Gasteiger partial charge >= 0.3 is 6.09 Å². The number of carbonyl (C=O) groups is 2. The first kappa shape index (κ1) is 34.6. The first-order valence-corrected chi connectivity index (χ1v) is 17.4. The predicted molar refractivity (Wildman–Crippen MR) is 188 cm³/mol. The van der Waals surface area contributed by atoms with Crippen LogP contribution < -0.4 is 0 Å². The van der Waals surface area contributed by atoms with E-state index in [1.807, 2.05) is 73.7 Å². The Hall–Kier alpha value is -3.74. The van der Waals surface area contributed by atoms with Crippen LogP contribution >= 0.6 is 0 Å². The molecule has 2 N–H and O–H groups in total. The molecule has 4 atom stereocenters. The maximum absolute atomic E-state index is 14.8. The number of aliphatic hydroxyl groups excluding tert-OH is 1.